The second-order valence-corrected chi connectivity index (χ2v) is 12.8. The Hall–Kier alpha value is -2.49. The van der Waals surface area contributed by atoms with Crippen LogP contribution in [0.1, 0.15) is 32.6 Å². The largest absolute Gasteiger partial charge is 0.207 e. The molecule has 0 saturated carbocycles. The fourth-order valence-corrected chi connectivity index (χ4v) is 9.42. The topological polar surface area (TPSA) is 25.8 Å². The third-order valence-corrected chi connectivity index (χ3v) is 10.8. The lowest BCUT2D eigenvalue weighted by Gasteiger charge is -2.03. The van der Waals surface area contributed by atoms with Gasteiger partial charge in [-0.15, -0.1) is 45.3 Å². The molecule has 2 aromatic carbocycles. The molecule has 0 amide bonds. The molecule has 0 aliphatic rings. The molecule has 188 valence electrons. The molecule has 2 nitrogen and oxygen atoms in total. The van der Waals surface area contributed by atoms with Crippen LogP contribution < -0.4 is 0 Å². The molecule has 0 bridgehead atoms. The molecule has 0 spiro atoms. The van der Waals surface area contributed by atoms with Crippen LogP contribution in [0.2, 0.25) is 0 Å². The predicted molar refractivity (Wildman–Crippen MR) is 168 cm³/mol. The van der Waals surface area contributed by atoms with Crippen molar-refractivity contribution >= 4 is 86.9 Å². The van der Waals surface area contributed by atoms with E-state index in [0.717, 1.165) is 32.6 Å². The van der Waals surface area contributed by atoms with Gasteiger partial charge in [0.25, 0.3) is 0 Å². The molecule has 0 N–H and O–H groups in total. The number of hydrogen-bond acceptors (Lipinski definition) is 7. The number of nitrogens with zero attached hydrogens (tertiary/aromatic N) is 2. The lowest BCUT2D eigenvalue weighted by Crippen LogP contribution is -1.81. The summed E-state index contributed by atoms with van der Waals surface area (Å²) >= 11 is 8.45. The van der Waals surface area contributed by atoms with Gasteiger partial charge in [-0.25, -0.2) is 4.39 Å². The van der Waals surface area contributed by atoms with Gasteiger partial charge in [0.2, 0.25) is 0 Å². The van der Waals surface area contributed by atoms with Crippen LogP contribution in [0.15, 0.2) is 60.7 Å². The summed E-state index contributed by atoms with van der Waals surface area (Å²) in [6, 6.07) is 20.1. The van der Waals surface area contributed by atoms with Crippen molar-refractivity contribution in [3.8, 4) is 31.3 Å². The van der Waals surface area contributed by atoms with Gasteiger partial charge >= 0.3 is 0 Å². The molecule has 0 atom stereocenters. The Morgan fingerprint density at radius 2 is 1.03 bits per heavy atom. The maximum Gasteiger partial charge on any atom is 0.123 e. The first-order valence-electron chi connectivity index (χ1n) is 12.2. The minimum absolute atomic E-state index is 0.207. The van der Waals surface area contributed by atoms with E-state index in [1.807, 2.05) is 62.5 Å². The molecule has 0 saturated heterocycles. The van der Waals surface area contributed by atoms with E-state index in [-0.39, 0.29) is 5.82 Å². The molecule has 8 heteroatoms. The summed E-state index contributed by atoms with van der Waals surface area (Å²) in [4.78, 5) is 4.95. The summed E-state index contributed by atoms with van der Waals surface area (Å²) in [6.45, 7) is 10.2. The Kier molecular flexibility index (Phi) is 7.83. The highest BCUT2D eigenvalue weighted by atomic mass is 32.1. The van der Waals surface area contributed by atoms with E-state index in [1.54, 1.807) is 22.7 Å². The van der Waals surface area contributed by atoms with Crippen molar-refractivity contribution in [2.45, 2.75) is 34.6 Å². The van der Waals surface area contributed by atoms with E-state index in [4.69, 9.17) is 0 Å². The second-order valence-electron chi connectivity index (χ2n) is 7.78. The van der Waals surface area contributed by atoms with Crippen molar-refractivity contribution in [3.05, 3.63) is 71.4 Å². The van der Waals surface area contributed by atoms with Crippen molar-refractivity contribution in [1.82, 2.24) is 8.75 Å². The zero-order chi connectivity index (χ0) is 26.1. The highest BCUT2D eigenvalue weighted by Gasteiger charge is 2.18. The van der Waals surface area contributed by atoms with Crippen LogP contribution >= 0.6 is 57.1 Å². The van der Waals surface area contributed by atoms with Crippen LogP contribution in [0, 0.1) is 12.7 Å². The molecule has 5 heterocycles. The molecular formula is C29H25FN2S5. The molecule has 5 aromatic heterocycles. The fourth-order valence-electron chi connectivity index (χ4n) is 4.08. The smallest absolute Gasteiger partial charge is 0.123 e. The number of thiophene rings is 4. The maximum absolute atomic E-state index is 13.3. The summed E-state index contributed by atoms with van der Waals surface area (Å²) in [7, 11) is 0. The molecule has 0 aliphatic heterocycles. The van der Waals surface area contributed by atoms with Crippen LogP contribution in [0.4, 0.5) is 4.39 Å². The zero-order valence-corrected chi connectivity index (χ0v) is 25.2. The van der Waals surface area contributed by atoms with Crippen LogP contribution in [-0.4, -0.2) is 8.75 Å². The van der Waals surface area contributed by atoms with Gasteiger partial charge in [0, 0.05) is 49.4 Å². The van der Waals surface area contributed by atoms with Gasteiger partial charge in [0.15, 0.2) is 0 Å². The Morgan fingerprint density at radius 1 is 0.568 bits per heavy atom. The Balaban J connectivity index is 0.000000670. The third kappa shape index (κ3) is 4.89. The number of fused-ring (bicyclic) bond motifs is 3. The normalized spacial score (nSPS) is 11.0. The third-order valence-electron chi connectivity index (χ3n) is 5.61. The van der Waals surface area contributed by atoms with Crippen molar-refractivity contribution in [2.75, 3.05) is 0 Å². The predicted octanol–water partition coefficient (Wildman–Crippen LogP) is 11.7. The second kappa shape index (κ2) is 11.1. The van der Waals surface area contributed by atoms with Gasteiger partial charge in [-0.1, -0.05) is 52.0 Å². The Bertz CT molecular complexity index is 1730. The van der Waals surface area contributed by atoms with Crippen molar-refractivity contribution in [3.63, 3.8) is 0 Å². The highest BCUT2D eigenvalue weighted by molar-refractivity contribution is 7.31. The van der Waals surface area contributed by atoms with E-state index in [2.05, 4.69) is 52.1 Å². The molecule has 0 radical (unpaired) electrons. The first kappa shape index (κ1) is 26.1. The molecule has 7 aromatic rings. The lowest BCUT2D eigenvalue weighted by atomic mass is 10.1. The average molecular weight is 581 g/mol. The van der Waals surface area contributed by atoms with E-state index in [1.165, 1.54) is 57.3 Å². The van der Waals surface area contributed by atoms with E-state index in [0.29, 0.717) is 0 Å². The van der Waals surface area contributed by atoms with Gasteiger partial charge in [-0.2, -0.15) is 8.75 Å². The number of benzene rings is 2. The molecule has 7 rings (SSSR count). The van der Waals surface area contributed by atoms with Gasteiger partial charge in [-0.05, 0) is 48.9 Å². The van der Waals surface area contributed by atoms with Crippen molar-refractivity contribution in [1.29, 1.82) is 0 Å². The van der Waals surface area contributed by atoms with E-state index < -0.39 is 0 Å². The number of aromatic nitrogens is 2. The molecule has 37 heavy (non-hydrogen) atoms. The highest BCUT2D eigenvalue weighted by Crippen LogP contribution is 2.45. The zero-order valence-electron chi connectivity index (χ0n) is 21.1. The Morgan fingerprint density at radius 3 is 1.57 bits per heavy atom. The molecule has 0 aliphatic carbocycles. The first-order valence-corrected chi connectivity index (χ1v) is 16.2. The number of hydrogen-bond donors (Lipinski definition) is 0. The van der Waals surface area contributed by atoms with Gasteiger partial charge < -0.3 is 0 Å². The fraction of sp³-hybridized carbons (Fsp3) is 0.172. The monoisotopic (exact) mass is 580 g/mol. The number of aryl methyl sites for hydroxylation is 1. The summed E-state index contributed by atoms with van der Waals surface area (Å²) in [6.07, 6.45) is 0. The maximum atomic E-state index is 13.3. The Labute approximate surface area is 236 Å². The number of halogens is 1. The average Bonchev–Trinajstić information content (AvgIpc) is 3.72. The summed E-state index contributed by atoms with van der Waals surface area (Å²) in [5.41, 5.74) is 5.29. The van der Waals surface area contributed by atoms with Crippen LogP contribution in [0.5, 0.6) is 0 Å². The van der Waals surface area contributed by atoms with Gasteiger partial charge in [-0.3, -0.25) is 0 Å². The molecular weight excluding hydrogens is 556 g/mol. The van der Waals surface area contributed by atoms with Gasteiger partial charge in [0.05, 0.1) is 11.7 Å². The SMILES string of the molecule is CC.CC.Cc1cc2sc(-c3ccc(-c4cc5sc(-c6ccc(F)cc6)cc5s4)c4nsnc34)cc2s1. The van der Waals surface area contributed by atoms with Crippen molar-refractivity contribution < 1.29 is 4.39 Å². The summed E-state index contributed by atoms with van der Waals surface area (Å²) in [5, 5.41) is 0. The minimum atomic E-state index is -0.207. The van der Waals surface area contributed by atoms with Crippen LogP contribution in [0.25, 0.3) is 61.2 Å². The molecule has 0 fully saturated rings. The van der Waals surface area contributed by atoms with Crippen molar-refractivity contribution in [2.24, 2.45) is 0 Å². The first-order chi connectivity index (χ1) is 18.1. The van der Waals surface area contributed by atoms with Crippen LogP contribution in [-0.2, 0) is 0 Å². The van der Waals surface area contributed by atoms with E-state index >= 15 is 0 Å². The lowest BCUT2D eigenvalue weighted by molar-refractivity contribution is 0.628. The quantitative estimate of drug-likeness (QED) is 0.208. The number of rotatable bonds is 3. The summed E-state index contributed by atoms with van der Waals surface area (Å²) < 4.78 is 27.8. The van der Waals surface area contributed by atoms with Crippen LogP contribution in [0.3, 0.4) is 0 Å². The summed E-state index contributed by atoms with van der Waals surface area (Å²) in [5.74, 6) is -0.207. The standard InChI is InChI=1S/C25H13FN2S5.2C2H6/c1-12-8-20-21(29-12)10-18(31-20)15-6-7-16(25-24(15)27-33-28-25)19-11-23-22(32-19)9-17(30-23)13-2-4-14(26)5-3-13;2*1-2/h2-11H,1H3;2*1-2H3. The molecule has 0 unspecified atom stereocenters. The van der Waals surface area contributed by atoms with E-state index in [9.17, 15) is 4.39 Å². The van der Waals surface area contributed by atoms with Gasteiger partial charge in [0.1, 0.15) is 16.9 Å². The minimum Gasteiger partial charge on any atom is -0.207 e.